The van der Waals surface area contributed by atoms with E-state index in [-0.39, 0.29) is 0 Å². The Morgan fingerprint density at radius 3 is 2.79 bits per heavy atom. The third-order valence-corrected chi connectivity index (χ3v) is 2.76. The van der Waals surface area contributed by atoms with Crippen molar-refractivity contribution in [1.82, 2.24) is 15.2 Å². The molecule has 1 aromatic carbocycles. The number of benzene rings is 1. The van der Waals surface area contributed by atoms with E-state index in [1.165, 1.54) is 0 Å². The van der Waals surface area contributed by atoms with Gasteiger partial charge in [0.05, 0.1) is 6.20 Å². The maximum Gasteiger partial charge on any atom is 0.244 e. The van der Waals surface area contributed by atoms with E-state index in [4.69, 9.17) is 11.6 Å². The first-order valence-electron chi connectivity index (χ1n) is 6.08. The van der Waals surface area contributed by atoms with Crippen LogP contribution < -0.4 is 10.6 Å². The molecule has 5 nitrogen and oxygen atoms in total. The molecule has 0 spiro atoms. The topological polar surface area (TPSA) is 62.7 Å². The second-order valence-electron chi connectivity index (χ2n) is 4.41. The number of halogens is 1. The van der Waals surface area contributed by atoms with Crippen LogP contribution in [0.1, 0.15) is 19.4 Å². The van der Waals surface area contributed by atoms with Gasteiger partial charge in [-0.15, -0.1) is 5.10 Å². The lowest BCUT2D eigenvalue weighted by Gasteiger charge is -2.10. The summed E-state index contributed by atoms with van der Waals surface area (Å²) in [5.41, 5.74) is 0.995. The van der Waals surface area contributed by atoms with Crippen molar-refractivity contribution >= 4 is 23.4 Å². The summed E-state index contributed by atoms with van der Waals surface area (Å²) in [6.07, 6.45) is 1.60. The predicted octanol–water partition coefficient (Wildman–Crippen LogP) is 2.96. The third kappa shape index (κ3) is 4.06. The van der Waals surface area contributed by atoms with E-state index in [0.717, 1.165) is 10.6 Å². The van der Waals surface area contributed by atoms with Crippen molar-refractivity contribution in [3.8, 4) is 0 Å². The summed E-state index contributed by atoms with van der Waals surface area (Å²) in [5.74, 6) is 1.18. The number of rotatable bonds is 5. The molecule has 6 heteroatoms. The van der Waals surface area contributed by atoms with E-state index in [1.54, 1.807) is 6.20 Å². The Morgan fingerprint density at radius 2 is 2.05 bits per heavy atom. The molecule has 1 aromatic heterocycles. The Kier molecular flexibility index (Phi) is 4.52. The van der Waals surface area contributed by atoms with E-state index < -0.39 is 0 Å². The number of hydrogen-bond acceptors (Lipinski definition) is 5. The minimum Gasteiger partial charge on any atom is -0.366 e. The molecule has 0 atom stereocenters. The van der Waals surface area contributed by atoms with Crippen molar-refractivity contribution in [2.45, 2.75) is 26.4 Å². The zero-order valence-electron chi connectivity index (χ0n) is 10.9. The van der Waals surface area contributed by atoms with Crippen molar-refractivity contribution < 1.29 is 0 Å². The lowest BCUT2D eigenvalue weighted by molar-refractivity contribution is 0.868. The lowest BCUT2D eigenvalue weighted by atomic mass is 10.2. The minimum absolute atomic E-state index is 0.299. The summed E-state index contributed by atoms with van der Waals surface area (Å²) < 4.78 is 0. The van der Waals surface area contributed by atoms with Gasteiger partial charge in [-0.1, -0.05) is 29.8 Å². The molecule has 100 valence electrons. The number of nitrogens with one attached hydrogen (secondary N) is 2. The van der Waals surface area contributed by atoms with Gasteiger partial charge in [-0.25, -0.2) is 0 Å². The van der Waals surface area contributed by atoms with E-state index in [0.29, 0.717) is 24.4 Å². The molecule has 0 radical (unpaired) electrons. The highest BCUT2D eigenvalue weighted by Gasteiger charge is 2.03. The van der Waals surface area contributed by atoms with Gasteiger partial charge < -0.3 is 10.6 Å². The molecule has 2 rings (SSSR count). The van der Waals surface area contributed by atoms with Gasteiger partial charge >= 0.3 is 0 Å². The number of nitrogens with zero attached hydrogens (tertiary/aromatic N) is 3. The fraction of sp³-hybridized carbons (Fsp3) is 0.308. The molecule has 19 heavy (non-hydrogen) atoms. The van der Waals surface area contributed by atoms with Crippen molar-refractivity contribution in [2.24, 2.45) is 0 Å². The average Bonchev–Trinajstić information content (AvgIpc) is 2.37. The van der Waals surface area contributed by atoms with Crippen LogP contribution in [0.2, 0.25) is 5.02 Å². The van der Waals surface area contributed by atoms with Crippen LogP contribution in [0.15, 0.2) is 30.5 Å². The molecule has 0 saturated heterocycles. The van der Waals surface area contributed by atoms with Gasteiger partial charge in [0, 0.05) is 17.6 Å². The third-order valence-electron chi connectivity index (χ3n) is 2.39. The molecule has 0 saturated carbocycles. The molecule has 0 amide bonds. The van der Waals surface area contributed by atoms with Crippen LogP contribution in [0.4, 0.5) is 11.8 Å². The van der Waals surface area contributed by atoms with Crippen LogP contribution in [-0.2, 0) is 6.54 Å². The standard InChI is InChI=1S/C13H16ClN5/c1-9(2)17-12-8-16-19-13(18-12)15-7-10-5-3-4-6-11(10)14/h3-6,8-9H,7H2,1-2H3,(H2,15,17,18,19). The number of hydrogen-bond donors (Lipinski definition) is 2. The molecule has 0 aliphatic rings. The normalized spacial score (nSPS) is 10.5. The van der Waals surface area contributed by atoms with Gasteiger partial charge in [-0.2, -0.15) is 10.1 Å². The molecular formula is C13H16ClN5. The average molecular weight is 278 g/mol. The minimum atomic E-state index is 0.299. The first-order chi connectivity index (χ1) is 9.15. The monoisotopic (exact) mass is 277 g/mol. The fourth-order valence-electron chi connectivity index (χ4n) is 1.56. The molecule has 0 fully saturated rings. The summed E-state index contributed by atoms with van der Waals surface area (Å²) in [7, 11) is 0. The van der Waals surface area contributed by atoms with Gasteiger partial charge in [0.2, 0.25) is 5.95 Å². The Labute approximate surface area is 117 Å². The van der Waals surface area contributed by atoms with Crippen molar-refractivity contribution in [1.29, 1.82) is 0 Å². The van der Waals surface area contributed by atoms with Crippen molar-refractivity contribution in [3.63, 3.8) is 0 Å². The second kappa shape index (κ2) is 6.33. The highest BCUT2D eigenvalue weighted by molar-refractivity contribution is 6.31. The van der Waals surface area contributed by atoms with Crippen LogP contribution in [-0.4, -0.2) is 21.2 Å². The predicted molar refractivity (Wildman–Crippen MR) is 77.4 cm³/mol. The highest BCUT2D eigenvalue weighted by Crippen LogP contribution is 2.16. The molecule has 0 aliphatic heterocycles. The molecule has 2 aromatic rings. The number of anilines is 2. The Balaban J connectivity index is 2.02. The summed E-state index contributed by atoms with van der Waals surface area (Å²) in [6, 6.07) is 7.96. The zero-order chi connectivity index (χ0) is 13.7. The first kappa shape index (κ1) is 13.5. The molecule has 2 N–H and O–H groups in total. The Hall–Kier alpha value is -1.88. The second-order valence-corrected chi connectivity index (χ2v) is 4.82. The van der Waals surface area contributed by atoms with Crippen LogP contribution in [0.25, 0.3) is 0 Å². The molecule has 0 bridgehead atoms. The fourth-order valence-corrected chi connectivity index (χ4v) is 1.76. The van der Waals surface area contributed by atoms with E-state index in [9.17, 15) is 0 Å². The van der Waals surface area contributed by atoms with Crippen LogP contribution in [0.5, 0.6) is 0 Å². The highest BCUT2D eigenvalue weighted by atomic mass is 35.5. The van der Waals surface area contributed by atoms with Gasteiger partial charge in [-0.3, -0.25) is 0 Å². The summed E-state index contributed by atoms with van der Waals surface area (Å²) in [6.45, 7) is 4.64. The van der Waals surface area contributed by atoms with E-state index >= 15 is 0 Å². The van der Waals surface area contributed by atoms with Gasteiger partial charge in [0.15, 0.2) is 5.82 Å². The molecule has 1 heterocycles. The van der Waals surface area contributed by atoms with E-state index in [1.807, 2.05) is 38.1 Å². The first-order valence-corrected chi connectivity index (χ1v) is 6.46. The molecular weight excluding hydrogens is 262 g/mol. The summed E-state index contributed by atoms with van der Waals surface area (Å²) >= 11 is 6.08. The van der Waals surface area contributed by atoms with Gasteiger partial charge in [0.25, 0.3) is 0 Å². The molecule has 0 aliphatic carbocycles. The van der Waals surface area contributed by atoms with Gasteiger partial charge in [-0.05, 0) is 25.5 Å². The summed E-state index contributed by atoms with van der Waals surface area (Å²) in [5, 5.41) is 14.8. The largest absolute Gasteiger partial charge is 0.366 e. The van der Waals surface area contributed by atoms with Crippen LogP contribution in [0.3, 0.4) is 0 Å². The van der Waals surface area contributed by atoms with Crippen molar-refractivity contribution in [2.75, 3.05) is 10.6 Å². The Morgan fingerprint density at radius 1 is 1.26 bits per heavy atom. The quantitative estimate of drug-likeness (QED) is 0.880. The Bertz CT molecular complexity index is 544. The van der Waals surface area contributed by atoms with Gasteiger partial charge in [0.1, 0.15) is 0 Å². The maximum absolute atomic E-state index is 6.08. The van der Waals surface area contributed by atoms with E-state index in [2.05, 4.69) is 25.8 Å². The summed E-state index contributed by atoms with van der Waals surface area (Å²) in [4.78, 5) is 4.32. The van der Waals surface area contributed by atoms with Crippen LogP contribution >= 0.6 is 11.6 Å². The molecule has 0 unspecified atom stereocenters. The number of aromatic nitrogens is 3. The smallest absolute Gasteiger partial charge is 0.244 e. The zero-order valence-corrected chi connectivity index (χ0v) is 11.6. The van der Waals surface area contributed by atoms with Crippen LogP contribution in [0, 0.1) is 0 Å². The maximum atomic E-state index is 6.08. The lowest BCUT2D eigenvalue weighted by Crippen LogP contribution is -2.13. The SMILES string of the molecule is CC(C)Nc1cnnc(NCc2ccccc2Cl)n1. The van der Waals surface area contributed by atoms with Crippen molar-refractivity contribution in [3.05, 3.63) is 41.0 Å².